The highest BCUT2D eigenvalue weighted by Gasteiger charge is 2.46. The molecule has 1 aromatic carbocycles. The summed E-state index contributed by atoms with van der Waals surface area (Å²) in [6.45, 7) is 0.196. The van der Waals surface area contributed by atoms with Crippen LogP contribution in [0.15, 0.2) is 72.0 Å². The minimum Gasteiger partial charge on any atom is -0.485 e. The summed E-state index contributed by atoms with van der Waals surface area (Å²) >= 11 is 0. The smallest absolute Gasteiger partial charge is 0.485 e. The Bertz CT molecular complexity index is 1140. The molecule has 2 heterocycles. The van der Waals surface area contributed by atoms with Crippen molar-refractivity contribution in [1.82, 2.24) is 9.97 Å². The van der Waals surface area contributed by atoms with Gasteiger partial charge in [0.2, 0.25) is 0 Å². The third-order valence-electron chi connectivity index (χ3n) is 3.88. The van der Waals surface area contributed by atoms with Crippen LogP contribution in [0.5, 0.6) is 5.75 Å². The number of nitrogens with one attached hydrogen (secondary N) is 1. The SMILES string of the molecule is O=C(Nc1ncccc1OCc1ccncc1)c1ccc(S(=O)(=O)C(F)(F)F)cc1. The fourth-order valence-corrected chi connectivity index (χ4v) is 3.10. The van der Waals surface area contributed by atoms with Gasteiger partial charge in [-0.05, 0) is 54.1 Å². The first kappa shape index (κ1) is 21.2. The van der Waals surface area contributed by atoms with E-state index in [4.69, 9.17) is 4.74 Å². The van der Waals surface area contributed by atoms with Gasteiger partial charge in [0.25, 0.3) is 15.7 Å². The second-order valence-corrected chi connectivity index (χ2v) is 7.86. The Balaban J connectivity index is 1.74. The van der Waals surface area contributed by atoms with E-state index < -0.39 is 26.1 Å². The van der Waals surface area contributed by atoms with Gasteiger partial charge in [0.1, 0.15) is 6.61 Å². The molecule has 7 nitrogen and oxygen atoms in total. The first-order valence-electron chi connectivity index (χ1n) is 8.38. The number of pyridine rings is 2. The summed E-state index contributed by atoms with van der Waals surface area (Å²) in [6, 6.07) is 10.1. The minimum absolute atomic E-state index is 0.0538. The first-order valence-corrected chi connectivity index (χ1v) is 9.86. The van der Waals surface area contributed by atoms with Crippen LogP contribution in [0, 0.1) is 0 Å². The fourth-order valence-electron chi connectivity index (χ4n) is 2.34. The number of alkyl halides is 3. The summed E-state index contributed by atoms with van der Waals surface area (Å²) < 4.78 is 66.3. The zero-order valence-electron chi connectivity index (χ0n) is 15.1. The van der Waals surface area contributed by atoms with Crippen LogP contribution in [-0.4, -0.2) is 29.8 Å². The van der Waals surface area contributed by atoms with Gasteiger partial charge in [0.15, 0.2) is 11.6 Å². The highest BCUT2D eigenvalue weighted by atomic mass is 32.2. The molecule has 3 aromatic rings. The quantitative estimate of drug-likeness (QED) is 0.633. The molecule has 0 bridgehead atoms. The van der Waals surface area contributed by atoms with Crippen LogP contribution in [0.1, 0.15) is 15.9 Å². The van der Waals surface area contributed by atoms with Crippen molar-refractivity contribution < 1.29 is 31.1 Å². The molecule has 0 saturated carbocycles. The lowest BCUT2D eigenvalue weighted by molar-refractivity contribution is -0.0436. The summed E-state index contributed by atoms with van der Waals surface area (Å²) in [5, 5.41) is 2.49. The predicted molar refractivity (Wildman–Crippen MR) is 100 cm³/mol. The highest BCUT2D eigenvalue weighted by Crippen LogP contribution is 2.30. The zero-order chi connectivity index (χ0) is 21.8. The number of halogens is 3. The van der Waals surface area contributed by atoms with E-state index in [2.05, 4.69) is 15.3 Å². The molecule has 0 fully saturated rings. The Labute approximate surface area is 169 Å². The van der Waals surface area contributed by atoms with Gasteiger partial charge >= 0.3 is 5.51 Å². The van der Waals surface area contributed by atoms with E-state index in [1.165, 1.54) is 6.20 Å². The van der Waals surface area contributed by atoms with Gasteiger partial charge in [0.05, 0.1) is 4.90 Å². The number of carbonyl (C=O) groups is 1. The number of hydrogen-bond donors (Lipinski definition) is 1. The van der Waals surface area contributed by atoms with Gasteiger partial charge < -0.3 is 10.1 Å². The second kappa shape index (κ2) is 8.49. The van der Waals surface area contributed by atoms with E-state index in [-0.39, 0.29) is 23.7 Å². The van der Waals surface area contributed by atoms with E-state index in [1.807, 2.05) is 0 Å². The number of ether oxygens (including phenoxy) is 1. The van der Waals surface area contributed by atoms with Gasteiger partial charge in [0, 0.05) is 24.2 Å². The van der Waals surface area contributed by atoms with Crippen LogP contribution in [0.4, 0.5) is 19.0 Å². The molecule has 0 spiro atoms. The summed E-state index contributed by atoms with van der Waals surface area (Å²) in [7, 11) is -5.49. The summed E-state index contributed by atoms with van der Waals surface area (Å²) in [5.41, 5.74) is -4.64. The Morgan fingerprint density at radius 3 is 2.30 bits per heavy atom. The second-order valence-electron chi connectivity index (χ2n) is 5.92. The third-order valence-corrected chi connectivity index (χ3v) is 5.38. The number of amides is 1. The normalized spacial score (nSPS) is 11.7. The third kappa shape index (κ3) is 4.74. The topological polar surface area (TPSA) is 98.2 Å². The molecular formula is C19H14F3N3O4S. The van der Waals surface area contributed by atoms with Crippen LogP contribution < -0.4 is 10.1 Å². The number of nitrogens with zero attached hydrogens (tertiary/aromatic N) is 2. The van der Waals surface area contributed by atoms with Crippen molar-refractivity contribution in [3.8, 4) is 5.75 Å². The molecule has 0 aliphatic heterocycles. The zero-order valence-corrected chi connectivity index (χ0v) is 15.9. The van der Waals surface area contributed by atoms with Crippen LogP contribution >= 0.6 is 0 Å². The summed E-state index contributed by atoms with van der Waals surface area (Å²) in [5.74, 6) is -0.319. The maximum Gasteiger partial charge on any atom is 0.501 e. The van der Waals surface area contributed by atoms with Crippen molar-refractivity contribution in [2.45, 2.75) is 17.0 Å². The van der Waals surface area contributed by atoms with Gasteiger partial charge in [-0.25, -0.2) is 13.4 Å². The van der Waals surface area contributed by atoms with Crippen molar-refractivity contribution in [2.24, 2.45) is 0 Å². The predicted octanol–water partition coefficient (Wildman–Crippen LogP) is 3.60. The minimum atomic E-state index is -5.49. The Morgan fingerprint density at radius 1 is 1.00 bits per heavy atom. The molecule has 1 N–H and O–H groups in total. The number of carbonyl (C=O) groups excluding carboxylic acids is 1. The van der Waals surface area contributed by atoms with Crippen LogP contribution in [-0.2, 0) is 16.4 Å². The number of aromatic nitrogens is 2. The molecule has 2 aromatic heterocycles. The first-order chi connectivity index (χ1) is 14.2. The molecule has 1 amide bonds. The van der Waals surface area contributed by atoms with Crippen molar-refractivity contribution in [3.05, 3.63) is 78.2 Å². The maximum atomic E-state index is 12.6. The molecular weight excluding hydrogens is 423 g/mol. The monoisotopic (exact) mass is 437 g/mol. The van der Waals surface area contributed by atoms with Gasteiger partial charge in [-0.15, -0.1) is 0 Å². The Kier molecular flexibility index (Phi) is 6.01. The van der Waals surface area contributed by atoms with Gasteiger partial charge in [-0.2, -0.15) is 13.2 Å². The summed E-state index contributed by atoms with van der Waals surface area (Å²) in [4.78, 5) is 19.4. The van der Waals surface area contributed by atoms with E-state index in [9.17, 15) is 26.4 Å². The number of anilines is 1. The van der Waals surface area contributed by atoms with E-state index in [0.29, 0.717) is 0 Å². The van der Waals surface area contributed by atoms with Crippen LogP contribution in [0.2, 0.25) is 0 Å². The van der Waals surface area contributed by atoms with E-state index >= 15 is 0 Å². The molecule has 0 unspecified atom stereocenters. The molecule has 30 heavy (non-hydrogen) atoms. The van der Waals surface area contributed by atoms with Crippen molar-refractivity contribution in [3.63, 3.8) is 0 Å². The Morgan fingerprint density at radius 2 is 1.67 bits per heavy atom. The molecule has 0 radical (unpaired) electrons. The molecule has 0 aliphatic carbocycles. The molecule has 156 valence electrons. The number of sulfone groups is 1. The highest BCUT2D eigenvalue weighted by molar-refractivity contribution is 7.92. The molecule has 0 atom stereocenters. The Hall–Kier alpha value is -3.47. The number of hydrogen-bond acceptors (Lipinski definition) is 6. The average Bonchev–Trinajstić information content (AvgIpc) is 2.73. The molecule has 11 heteroatoms. The van der Waals surface area contributed by atoms with Gasteiger partial charge in [-0.3, -0.25) is 9.78 Å². The summed E-state index contributed by atoms with van der Waals surface area (Å²) in [6.07, 6.45) is 4.63. The van der Waals surface area contributed by atoms with Crippen molar-refractivity contribution >= 4 is 21.6 Å². The van der Waals surface area contributed by atoms with Crippen LogP contribution in [0.3, 0.4) is 0 Å². The largest absolute Gasteiger partial charge is 0.501 e. The standard InChI is InChI=1S/C19H14F3N3O4S/c20-19(21,22)30(27,28)15-5-3-14(4-6-15)18(26)25-17-16(2-1-9-24-17)29-12-13-7-10-23-11-8-13/h1-11H,12H2,(H,24,25,26). The maximum absolute atomic E-state index is 12.6. The van der Waals surface area contributed by atoms with Crippen molar-refractivity contribution in [2.75, 3.05) is 5.32 Å². The molecule has 0 aliphatic rings. The van der Waals surface area contributed by atoms with E-state index in [1.54, 1.807) is 36.7 Å². The lowest BCUT2D eigenvalue weighted by Gasteiger charge is -2.12. The van der Waals surface area contributed by atoms with Crippen LogP contribution in [0.25, 0.3) is 0 Å². The lowest BCUT2D eigenvalue weighted by atomic mass is 10.2. The lowest BCUT2D eigenvalue weighted by Crippen LogP contribution is -2.23. The average molecular weight is 437 g/mol. The number of benzene rings is 1. The molecule has 0 saturated heterocycles. The fraction of sp³-hybridized carbons (Fsp3) is 0.105. The van der Waals surface area contributed by atoms with Gasteiger partial charge in [-0.1, -0.05) is 0 Å². The molecule has 3 rings (SSSR count). The van der Waals surface area contributed by atoms with Crippen molar-refractivity contribution in [1.29, 1.82) is 0 Å². The number of rotatable bonds is 6. The van der Waals surface area contributed by atoms with E-state index in [0.717, 1.165) is 29.8 Å².